The lowest BCUT2D eigenvalue weighted by Crippen LogP contribution is -2.57. The van der Waals surface area contributed by atoms with Crippen LogP contribution in [0.15, 0.2) is 24.3 Å². The summed E-state index contributed by atoms with van der Waals surface area (Å²) in [4.78, 5) is 38.3. The molecule has 1 aromatic rings. The van der Waals surface area contributed by atoms with Crippen molar-refractivity contribution in [3.8, 4) is 0 Å². The van der Waals surface area contributed by atoms with Crippen LogP contribution in [0.1, 0.15) is 43.0 Å². The molecule has 0 saturated carbocycles. The Balaban J connectivity index is 1.59. The Kier molecular flexibility index (Phi) is 5.88. The lowest BCUT2D eigenvalue weighted by atomic mass is 9.97. The van der Waals surface area contributed by atoms with Crippen LogP contribution in [0, 0.1) is 0 Å². The number of cyclic esters (lactones) is 1. The highest BCUT2D eigenvalue weighted by Crippen LogP contribution is 2.26. The van der Waals surface area contributed by atoms with Gasteiger partial charge in [0.2, 0.25) is 5.91 Å². The van der Waals surface area contributed by atoms with E-state index in [1.807, 2.05) is 0 Å². The summed E-state index contributed by atoms with van der Waals surface area (Å²) in [5.74, 6) is -0.968. The van der Waals surface area contributed by atoms with Crippen molar-refractivity contribution in [1.82, 2.24) is 4.90 Å². The molecule has 2 unspecified atom stereocenters. The quantitative estimate of drug-likeness (QED) is 0.808. The molecular formula is C19H24N2O5. The number of esters is 2. The summed E-state index contributed by atoms with van der Waals surface area (Å²) < 4.78 is 10.2. The van der Waals surface area contributed by atoms with Crippen molar-refractivity contribution in [2.75, 3.05) is 25.1 Å². The summed E-state index contributed by atoms with van der Waals surface area (Å²) in [6.07, 6.45) is 3.23. The molecule has 0 spiro atoms. The monoisotopic (exact) mass is 360 g/mol. The smallest absolute Gasteiger partial charge is 0.338 e. The summed E-state index contributed by atoms with van der Waals surface area (Å²) in [6.45, 7) is 3.31. The van der Waals surface area contributed by atoms with Crippen molar-refractivity contribution in [3.05, 3.63) is 29.8 Å². The normalized spacial score (nSPS) is 22.9. The fraction of sp³-hybridized carbons (Fsp3) is 0.526. The zero-order chi connectivity index (χ0) is 18.5. The van der Waals surface area contributed by atoms with Crippen molar-refractivity contribution in [2.24, 2.45) is 0 Å². The second-order valence-electron chi connectivity index (χ2n) is 6.58. The molecule has 2 aliphatic rings. The Morgan fingerprint density at radius 3 is 2.77 bits per heavy atom. The highest BCUT2D eigenvalue weighted by molar-refractivity contribution is 5.95. The number of amides is 1. The van der Waals surface area contributed by atoms with Gasteiger partial charge < -0.3 is 14.8 Å². The molecule has 7 nitrogen and oxygen atoms in total. The molecule has 2 fully saturated rings. The van der Waals surface area contributed by atoms with Crippen molar-refractivity contribution in [1.29, 1.82) is 0 Å². The molecule has 7 heteroatoms. The largest absolute Gasteiger partial charge is 0.463 e. The van der Waals surface area contributed by atoms with Gasteiger partial charge in [-0.1, -0.05) is 6.42 Å². The number of carbonyl (C=O) groups is 3. The third-order valence-electron chi connectivity index (χ3n) is 4.82. The number of rotatable bonds is 5. The molecule has 1 N–H and O–H groups in total. The fourth-order valence-corrected chi connectivity index (χ4v) is 3.51. The Bertz CT molecular complexity index is 673. The maximum absolute atomic E-state index is 12.4. The number of anilines is 1. The van der Waals surface area contributed by atoms with Crippen LogP contribution in [0.4, 0.5) is 5.69 Å². The first-order chi connectivity index (χ1) is 12.6. The standard InChI is InChI=1S/C19H24N2O5/c1-2-25-18(23)13-6-8-14(9-7-13)20-17(22)11-16-19(24)26-12-15-5-3-4-10-21(15)16/h6-9,15-16H,2-5,10-12H2,1H3,(H,20,22). The van der Waals surface area contributed by atoms with E-state index in [2.05, 4.69) is 10.2 Å². The molecule has 26 heavy (non-hydrogen) atoms. The third-order valence-corrected chi connectivity index (χ3v) is 4.82. The summed E-state index contributed by atoms with van der Waals surface area (Å²) >= 11 is 0. The van der Waals surface area contributed by atoms with Gasteiger partial charge in [-0.25, -0.2) is 4.79 Å². The van der Waals surface area contributed by atoms with E-state index in [9.17, 15) is 14.4 Å². The zero-order valence-electron chi connectivity index (χ0n) is 14.9. The predicted octanol–water partition coefficient (Wildman–Crippen LogP) is 1.97. The lowest BCUT2D eigenvalue weighted by Gasteiger charge is -2.43. The number of carbonyl (C=O) groups excluding carboxylic acids is 3. The first-order valence-electron chi connectivity index (χ1n) is 9.08. The molecular weight excluding hydrogens is 336 g/mol. The van der Waals surface area contributed by atoms with Gasteiger partial charge in [-0.15, -0.1) is 0 Å². The first-order valence-corrected chi connectivity index (χ1v) is 9.08. The molecule has 140 valence electrons. The molecule has 0 aromatic heterocycles. The van der Waals surface area contributed by atoms with Gasteiger partial charge in [-0.3, -0.25) is 14.5 Å². The average Bonchev–Trinajstić information content (AvgIpc) is 2.65. The van der Waals surface area contributed by atoms with E-state index in [0.717, 1.165) is 25.8 Å². The first kappa shape index (κ1) is 18.4. The van der Waals surface area contributed by atoms with Crippen molar-refractivity contribution < 1.29 is 23.9 Å². The minimum absolute atomic E-state index is 0.0644. The van der Waals surface area contributed by atoms with Crippen LogP contribution >= 0.6 is 0 Å². The number of nitrogens with one attached hydrogen (secondary N) is 1. The molecule has 0 bridgehead atoms. The van der Waals surface area contributed by atoms with E-state index >= 15 is 0 Å². The van der Waals surface area contributed by atoms with E-state index < -0.39 is 12.0 Å². The SMILES string of the molecule is CCOC(=O)c1ccc(NC(=O)CC2C(=O)OCC3CCCCN32)cc1. The molecule has 0 aliphatic carbocycles. The van der Waals surface area contributed by atoms with Gasteiger partial charge in [-0.2, -0.15) is 0 Å². The molecule has 2 aliphatic heterocycles. The van der Waals surface area contributed by atoms with E-state index in [-0.39, 0.29) is 24.3 Å². The van der Waals surface area contributed by atoms with Gasteiger partial charge in [0, 0.05) is 11.7 Å². The molecule has 2 atom stereocenters. The number of nitrogens with zero attached hydrogens (tertiary/aromatic N) is 1. The van der Waals surface area contributed by atoms with Gasteiger partial charge in [-0.05, 0) is 50.6 Å². The molecule has 2 saturated heterocycles. The number of hydrogen-bond acceptors (Lipinski definition) is 6. The molecule has 3 rings (SSSR count). The third kappa shape index (κ3) is 4.22. The van der Waals surface area contributed by atoms with E-state index in [1.54, 1.807) is 31.2 Å². The predicted molar refractivity (Wildman–Crippen MR) is 94.7 cm³/mol. The fourth-order valence-electron chi connectivity index (χ4n) is 3.51. The van der Waals surface area contributed by atoms with Gasteiger partial charge in [0.25, 0.3) is 0 Å². The van der Waals surface area contributed by atoms with Crippen LogP contribution in [-0.4, -0.2) is 54.6 Å². The number of piperidine rings is 1. The molecule has 1 aromatic carbocycles. The Labute approximate surface area is 152 Å². The summed E-state index contributed by atoms with van der Waals surface area (Å²) in [5, 5.41) is 2.78. The Hall–Kier alpha value is -2.41. The van der Waals surface area contributed by atoms with Crippen LogP contribution in [0.3, 0.4) is 0 Å². The van der Waals surface area contributed by atoms with Crippen LogP contribution in [0.5, 0.6) is 0 Å². The van der Waals surface area contributed by atoms with Gasteiger partial charge >= 0.3 is 11.9 Å². The lowest BCUT2D eigenvalue weighted by molar-refractivity contribution is -0.165. The number of hydrogen-bond donors (Lipinski definition) is 1. The van der Waals surface area contributed by atoms with Gasteiger partial charge in [0.15, 0.2) is 0 Å². The highest BCUT2D eigenvalue weighted by atomic mass is 16.5. The number of ether oxygens (including phenoxy) is 2. The van der Waals surface area contributed by atoms with Crippen molar-refractivity contribution in [3.63, 3.8) is 0 Å². The topological polar surface area (TPSA) is 84.9 Å². The molecule has 2 heterocycles. The van der Waals surface area contributed by atoms with Crippen molar-refractivity contribution >= 4 is 23.5 Å². The number of morpholine rings is 1. The maximum Gasteiger partial charge on any atom is 0.338 e. The molecule has 1 amide bonds. The van der Waals surface area contributed by atoms with E-state index in [4.69, 9.17) is 9.47 Å². The van der Waals surface area contributed by atoms with Gasteiger partial charge in [0.1, 0.15) is 12.6 Å². The summed E-state index contributed by atoms with van der Waals surface area (Å²) in [7, 11) is 0. The highest BCUT2D eigenvalue weighted by Gasteiger charge is 2.40. The Morgan fingerprint density at radius 1 is 1.27 bits per heavy atom. The van der Waals surface area contributed by atoms with Crippen LogP contribution < -0.4 is 5.32 Å². The number of fused-ring (bicyclic) bond motifs is 1. The Morgan fingerprint density at radius 2 is 2.04 bits per heavy atom. The summed E-state index contributed by atoms with van der Waals surface area (Å²) in [5.41, 5.74) is 0.999. The minimum atomic E-state index is -0.521. The van der Waals surface area contributed by atoms with Crippen LogP contribution in [0.25, 0.3) is 0 Å². The second kappa shape index (κ2) is 8.31. The van der Waals surface area contributed by atoms with Crippen molar-refractivity contribution in [2.45, 2.75) is 44.7 Å². The minimum Gasteiger partial charge on any atom is -0.463 e. The van der Waals surface area contributed by atoms with Gasteiger partial charge in [0.05, 0.1) is 18.6 Å². The second-order valence-corrected chi connectivity index (χ2v) is 6.58. The molecule has 0 radical (unpaired) electrons. The summed E-state index contributed by atoms with van der Waals surface area (Å²) in [6, 6.07) is 6.20. The van der Waals surface area contributed by atoms with Crippen LogP contribution in [-0.2, 0) is 19.1 Å². The zero-order valence-corrected chi connectivity index (χ0v) is 14.9. The van der Waals surface area contributed by atoms with Crippen LogP contribution in [0.2, 0.25) is 0 Å². The maximum atomic E-state index is 12.4. The number of benzene rings is 1. The van der Waals surface area contributed by atoms with E-state index in [0.29, 0.717) is 24.5 Å². The average molecular weight is 360 g/mol. The van der Waals surface area contributed by atoms with E-state index in [1.165, 1.54) is 0 Å².